The van der Waals surface area contributed by atoms with Gasteiger partial charge in [-0.25, -0.2) is 9.18 Å². The van der Waals surface area contributed by atoms with Gasteiger partial charge in [-0.2, -0.15) is 9.03 Å². The first-order chi connectivity index (χ1) is 17.1. The van der Waals surface area contributed by atoms with Crippen LogP contribution in [0.15, 0.2) is 66.7 Å². The third-order valence-corrected chi connectivity index (χ3v) is 7.94. The second-order valence-corrected chi connectivity index (χ2v) is 10.6. The second-order valence-electron chi connectivity index (χ2n) is 8.30. The monoisotopic (exact) mass is 533 g/mol. The molecule has 0 aliphatic carbocycles. The number of ether oxygens (including phenoxy) is 1. The van der Waals surface area contributed by atoms with Crippen LogP contribution in [0.25, 0.3) is 11.1 Å². The number of nitrogens with zero attached hydrogens (tertiary/aromatic N) is 1. The summed E-state index contributed by atoms with van der Waals surface area (Å²) in [6.07, 6.45) is 0.221. The summed E-state index contributed by atoms with van der Waals surface area (Å²) < 4.78 is 43.7. The van der Waals surface area contributed by atoms with Gasteiger partial charge in [-0.05, 0) is 59.5 Å². The topological polar surface area (TPSA) is 111 Å². The van der Waals surface area contributed by atoms with Crippen LogP contribution in [0.3, 0.4) is 0 Å². The number of nitrogens with one attached hydrogen (secondary N) is 2. The van der Waals surface area contributed by atoms with Gasteiger partial charge in [0.1, 0.15) is 11.9 Å². The molecule has 3 aromatic rings. The highest BCUT2D eigenvalue weighted by Gasteiger charge is 2.41. The van der Waals surface area contributed by atoms with Crippen LogP contribution in [-0.2, 0) is 9.53 Å². The predicted octanol–water partition coefficient (Wildman–Crippen LogP) is 5.49. The molecule has 1 aliphatic rings. The van der Waals surface area contributed by atoms with Crippen LogP contribution in [0.5, 0.6) is 0 Å². The Kier molecular flexibility index (Phi) is 7.65. The molecule has 11 heteroatoms. The van der Waals surface area contributed by atoms with Crippen molar-refractivity contribution in [2.45, 2.75) is 18.5 Å². The molecule has 0 aromatic heterocycles. The molecule has 190 valence electrons. The zero-order valence-corrected chi connectivity index (χ0v) is 21.0. The fourth-order valence-corrected chi connectivity index (χ4v) is 5.52. The number of esters is 1. The van der Waals surface area contributed by atoms with Crippen molar-refractivity contribution in [2.24, 2.45) is 0 Å². The minimum atomic E-state index is -3.48. The third kappa shape index (κ3) is 5.54. The Labute approximate surface area is 214 Å². The highest BCUT2D eigenvalue weighted by atomic mass is 35.5. The summed E-state index contributed by atoms with van der Waals surface area (Å²) >= 11 is 5.81. The fourth-order valence-electron chi connectivity index (χ4n) is 4.03. The molecular weight excluding hydrogens is 509 g/mol. The SMILES string of the molecule is COC(=O)c1cccc(-c2cccc(C3CC(C(=O)Nc4ccc(F)c(Cl)c4)N(C)S(O)(O)N3)c2)c1. The normalized spacial score (nSPS) is 20.4. The second kappa shape index (κ2) is 10.6. The van der Waals surface area contributed by atoms with E-state index < -0.39 is 40.7 Å². The quantitative estimate of drug-likeness (QED) is 0.321. The summed E-state index contributed by atoms with van der Waals surface area (Å²) in [6, 6.07) is 16.7. The molecule has 1 aliphatic heterocycles. The van der Waals surface area contributed by atoms with Crippen LogP contribution >= 0.6 is 22.6 Å². The molecule has 4 N–H and O–H groups in total. The summed E-state index contributed by atoms with van der Waals surface area (Å²) in [6.45, 7) is 0. The third-order valence-electron chi connectivity index (χ3n) is 6.00. The molecular formula is C25H25ClFN3O5S. The number of carbonyl (C=O) groups is 2. The van der Waals surface area contributed by atoms with Crippen molar-refractivity contribution >= 4 is 40.1 Å². The van der Waals surface area contributed by atoms with E-state index in [-0.39, 0.29) is 11.4 Å². The van der Waals surface area contributed by atoms with E-state index in [1.165, 1.54) is 30.6 Å². The van der Waals surface area contributed by atoms with E-state index in [2.05, 4.69) is 10.0 Å². The summed E-state index contributed by atoms with van der Waals surface area (Å²) in [5.41, 5.74) is 3.01. The number of methoxy groups -OCH3 is 1. The Morgan fingerprint density at radius 3 is 2.50 bits per heavy atom. The Morgan fingerprint density at radius 1 is 1.11 bits per heavy atom. The van der Waals surface area contributed by atoms with Crippen molar-refractivity contribution in [3.05, 3.63) is 88.7 Å². The van der Waals surface area contributed by atoms with E-state index >= 15 is 0 Å². The highest BCUT2D eigenvalue weighted by Crippen LogP contribution is 2.48. The van der Waals surface area contributed by atoms with Gasteiger partial charge in [0.2, 0.25) is 5.91 Å². The van der Waals surface area contributed by atoms with Crippen LogP contribution in [0.2, 0.25) is 5.02 Å². The van der Waals surface area contributed by atoms with Gasteiger partial charge in [0.05, 0.1) is 23.7 Å². The van der Waals surface area contributed by atoms with Crippen LogP contribution in [0.1, 0.15) is 28.4 Å². The van der Waals surface area contributed by atoms with E-state index in [1.807, 2.05) is 30.3 Å². The average Bonchev–Trinajstić information content (AvgIpc) is 2.87. The number of halogens is 2. The van der Waals surface area contributed by atoms with Gasteiger partial charge in [-0.15, -0.1) is 0 Å². The van der Waals surface area contributed by atoms with Crippen molar-refractivity contribution < 1.29 is 27.8 Å². The molecule has 2 atom stereocenters. The van der Waals surface area contributed by atoms with Gasteiger partial charge in [0.15, 0.2) is 0 Å². The van der Waals surface area contributed by atoms with Gasteiger partial charge in [0, 0.05) is 12.7 Å². The predicted molar refractivity (Wildman–Crippen MR) is 138 cm³/mol. The van der Waals surface area contributed by atoms with Crippen LogP contribution in [0.4, 0.5) is 10.1 Å². The lowest BCUT2D eigenvalue weighted by Gasteiger charge is -2.50. The molecule has 8 nitrogen and oxygen atoms in total. The number of likely N-dealkylation sites (N-methyl/N-ethyl adjacent to an activating group) is 1. The van der Waals surface area contributed by atoms with Crippen LogP contribution in [-0.4, -0.2) is 45.5 Å². The van der Waals surface area contributed by atoms with Crippen molar-refractivity contribution in [2.75, 3.05) is 19.5 Å². The Bertz CT molecular complexity index is 1310. The number of carbonyl (C=O) groups excluding carboxylic acids is 2. The molecule has 0 radical (unpaired) electrons. The summed E-state index contributed by atoms with van der Waals surface area (Å²) in [7, 11) is -0.728. The molecule has 1 saturated heterocycles. The molecule has 36 heavy (non-hydrogen) atoms. The van der Waals surface area contributed by atoms with Gasteiger partial charge < -0.3 is 10.1 Å². The molecule has 0 saturated carbocycles. The Morgan fingerprint density at radius 2 is 1.81 bits per heavy atom. The fraction of sp³-hybridized carbons (Fsp3) is 0.200. The first-order valence-electron chi connectivity index (χ1n) is 10.9. The number of anilines is 1. The largest absolute Gasteiger partial charge is 0.465 e. The maximum atomic E-state index is 13.5. The molecule has 1 heterocycles. The maximum absolute atomic E-state index is 13.5. The van der Waals surface area contributed by atoms with Crippen molar-refractivity contribution in [3.63, 3.8) is 0 Å². The molecule has 1 fully saturated rings. The number of hydrogen-bond donors (Lipinski definition) is 4. The summed E-state index contributed by atoms with van der Waals surface area (Å²) in [5, 5.41) is 2.53. The van der Waals surface area contributed by atoms with Crippen LogP contribution in [0, 0.1) is 5.82 Å². The van der Waals surface area contributed by atoms with E-state index in [0.29, 0.717) is 11.3 Å². The van der Waals surface area contributed by atoms with E-state index in [9.17, 15) is 23.1 Å². The molecule has 2 unspecified atom stereocenters. The van der Waals surface area contributed by atoms with Gasteiger partial charge in [0.25, 0.3) is 0 Å². The Balaban J connectivity index is 1.60. The summed E-state index contributed by atoms with van der Waals surface area (Å²) in [5.74, 6) is -1.55. The van der Waals surface area contributed by atoms with Gasteiger partial charge in [-0.1, -0.05) is 52.9 Å². The van der Waals surface area contributed by atoms with Crippen molar-refractivity contribution in [1.82, 2.24) is 9.03 Å². The maximum Gasteiger partial charge on any atom is 0.337 e. The molecule has 4 rings (SSSR count). The standard InChI is InChI=1S/C25H25ClFN3O5S/c1-30-23(24(31)28-19-9-10-21(27)20(26)13-19)14-22(29-36(30,33)34)17-7-3-5-15(11-17)16-6-4-8-18(12-16)25(32)35-2/h3-13,22-23,29,33-34H,14H2,1-2H3,(H,28,31). The van der Waals surface area contributed by atoms with E-state index in [4.69, 9.17) is 16.3 Å². The Hall–Kier alpha value is -2.99. The molecule has 1 amide bonds. The minimum Gasteiger partial charge on any atom is -0.465 e. The number of benzene rings is 3. The number of hydrogen-bond acceptors (Lipinski definition) is 7. The average molecular weight is 534 g/mol. The van der Waals surface area contributed by atoms with Crippen molar-refractivity contribution in [3.8, 4) is 11.1 Å². The first kappa shape index (κ1) is 26.1. The first-order valence-corrected chi connectivity index (χ1v) is 12.8. The summed E-state index contributed by atoms with van der Waals surface area (Å²) in [4.78, 5) is 25.0. The highest BCUT2D eigenvalue weighted by molar-refractivity contribution is 8.20. The smallest absolute Gasteiger partial charge is 0.337 e. The van der Waals surface area contributed by atoms with E-state index in [0.717, 1.165) is 22.8 Å². The lowest BCUT2D eigenvalue weighted by atomic mass is 9.95. The molecule has 0 bridgehead atoms. The molecule has 3 aromatic carbocycles. The van der Waals surface area contributed by atoms with Crippen LogP contribution < -0.4 is 10.0 Å². The number of rotatable bonds is 5. The van der Waals surface area contributed by atoms with Gasteiger partial charge >= 0.3 is 5.97 Å². The minimum absolute atomic E-state index is 0.137. The van der Waals surface area contributed by atoms with Gasteiger partial charge in [-0.3, -0.25) is 13.9 Å². The molecule has 0 spiro atoms. The zero-order chi connectivity index (χ0) is 26.0. The lowest BCUT2D eigenvalue weighted by Crippen LogP contribution is -2.53. The number of amides is 1. The lowest BCUT2D eigenvalue weighted by molar-refractivity contribution is -0.120. The zero-order valence-electron chi connectivity index (χ0n) is 19.4. The van der Waals surface area contributed by atoms with E-state index in [1.54, 1.807) is 18.2 Å². The van der Waals surface area contributed by atoms with Crippen molar-refractivity contribution in [1.29, 1.82) is 0 Å².